The normalized spacial score (nSPS) is 22.8. The first-order valence-electron chi connectivity index (χ1n) is 5.97. The first-order valence-corrected chi connectivity index (χ1v) is 7.45. The van der Waals surface area contributed by atoms with Gasteiger partial charge < -0.3 is 0 Å². The molecule has 0 radical (unpaired) electrons. The van der Waals surface area contributed by atoms with Gasteiger partial charge in [0.1, 0.15) is 5.78 Å². The molecule has 1 fully saturated rings. The third kappa shape index (κ3) is 2.97. The fraction of sp³-hybridized carbons (Fsp3) is 0.462. The lowest BCUT2D eigenvalue weighted by atomic mass is 10.2. The Balaban J connectivity index is 1.96. The van der Waals surface area contributed by atoms with E-state index in [4.69, 9.17) is 0 Å². The van der Waals surface area contributed by atoms with Crippen molar-refractivity contribution in [1.82, 2.24) is 4.72 Å². The van der Waals surface area contributed by atoms with Crippen LogP contribution in [-0.2, 0) is 14.8 Å². The first-order chi connectivity index (χ1) is 8.40. The van der Waals surface area contributed by atoms with Gasteiger partial charge in [-0.05, 0) is 38.3 Å². The quantitative estimate of drug-likeness (QED) is 0.879. The second-order valence-electron chi connectivity index (χ2n) is 4.88. The van der Waals surface area contributed by atoms with E-state index in [0.29, 0.717) is 6.54 Å². The van der Waals surface area contributed by atoms with Gasteiger partial charge in [-0.3, -0.25) is 4.79 Å². The molecule has 2 rings (SSSR count). The lowest BCUT2D eigenvalue weighted by molar-refractivity contribution is -0.118. The van der Waals surface area contributed by atoms with E-state index in [1.165, 1.54) is 0 Å². The number of hydrogen-bond donors (Lipinski definition) is 1. The van der Waals surface area contributed by atoms with Crippen LogP contribution in [0, 0.1) is 18.8 Å². The Morgan fingerprint density at radius 2 is 1.94 bits per heavy atom. The summed E-state index contributed by atoms with van der Waals surface area (Å²) in [6, 6.07) is 6.72. The molecule has 0 unspecified atom stereocenters. The van der Waals surface area contributed by atoms with Crippen molar-refractivity contribution in [3.05, 3.63) is 29.8 Å². The standard InChI is InChI=1S/C13H17NO3S/c1-9-3-5-12(6-4-9)18(16,17)14-8-11-7-13(11)10(2)15/h3-6,11,13-14H,7-8H2,1-2H3/t11-,13+/m1/s1. The van der Waals surface area contributed by atoms with Gasteiger partial charge in [-0.2, -0.15) is 0 Å². The number of ketones is 1. The highest BCUT2D eigenvalue weighted by Gasteiger charge is 2.40. The summed E-state index contributed by atoms with van der Waals surface area (Å²) < 4.78 is 26.5. The summed E-state index contributed by atoms with van der Waals surface area (Å²) in [4.78, 5) is 11.3. The zero-order valence-corrected chi connectivity index (χ0v) is 11.3. The second-order valence-corrected chi connectivity index (χ2v) is 6.64. The Labute approximate surface area is 107 Å². The van der Waals surface area contributed by atoms with E-state index >= 15 is 0 Å². The highest BCUT2D eigenvalue weighted by molar-refractivity contribution is 7.89. The van der Waals surface area contributed by atoms with E-state index in [1.807, 2.05) is 6.92 Å². The van der Waals surface area contributed by atoms with Crippen molar-refractivity contribution >= 4 is 15.8 Å². The molecule has 0 bridgehead atoms. The minimum atomic E-state index is -3.44. The van der Waals surface area contributed by atoms with E-state index in [1.54, 1.807) is 31.2 Å². The van der Waals surface area contributed by atoms with E-state index < -0.39 is 10.0 Å². The van der Waals surface area contributed by atoms with Crippen LogP contribution in [0.25, 0.3) is 0 Å². The third-order valence-corrected chi connectivity index (χ3v) is 4.75. The number of hydrogen-bond acceptors (Lipinski definition) is 3. The molecule has 1 aliphatic carbocycles. The minimum Gasteiger partial charge on any atom is -0.300 e. The van der Waals surface area contributed by atoms with Gasteiger partial charge in [0.05, 0.1) is 4.90 Å². The number of nitrogens with one attached hydrogen (secondary N) is 1. The van der Waals surface area contributed by atoms with Crippen LogP contribution in [0.15, 0.2) is 29.2 Å². The van der Waals surface area contributed by atoms with Crippen molar-refractivity contribution in [2.45, 2.75) is 25.2 Å². The Morgan fingerprint density at radius 1 is 1.33 bits per heavy atom. The maximum atomic E-state index is 12.0. The third-order valence-electron chi connectivity index (χ3n) is 3.31. The van der Waals surface area contributed by atoms with Crippen molar-refractivity contribution in [2.24, 2.45) is 11.8 Å². The summed E-state index contributed by atoms with van der Waals surface area (Å²) in [6.45, 7) is 3.81. The van der Waals surface area contributed by atoms with Crippen LogP contribution in [0.1, 0.15) is 18.9 Å². The van der Waals surface area contributed by atoms with Crippen LogP contribution in [0.2, 0.25) is 0 Å². The fourth-order valence-corrected chi connectivity index (χ4v) is 3.08. The molecular formula is C13H17NO3S. The topological polar surface area (TPSA) is 63.2 Å². The van der Waals surface area contributed by atoms with Crippen LogP contribution in [-0.4, -0.2) is 20.7 Å². The van der Waals surface area contributed by atoms with Crippen molar-refractivity contribution < 1.29 is 13.2 Å². The number of carbonyl (C=O) groups is 1. The lowest BCUT2D eigenvalue weighted by Gasteiger charge is -2.06. The largest absolute Gasteiger partial charge is 0.300 e. The number of Topliss-reactive ketones (excluding diaryl/α,β-unsaturated/α-hetero) is 1. The molecule has 0 spiro atoms. The highest BCUT2D eigenvalue weighted by atomic mass is 32.2. The zero-order chi connectivity index (χ0) is 13.3. The van der Waals surface area contributed by atoms with Crippen LogP contribution >= 0.6 is 0 Å². The van der Waals surface area contributed by atoms with E-state index in [0.717, 1.165) is 12.0 Å². The van der Waals surface area contributed by atoms with Crippen molar-refractivity contribution in [1.29, 1.82) is 0 Å². The summed E-state index contributed by atoms with van der Waals surface area (Å²) in [7, 11) is -3.44. The highest BCUT2D eigenvalue weighted by Crippen LogP contribution is 2.38. The predicted octanol–water partition coefficient (Wildman–Crippen LogP) is 1.50. The van der Waals surface area contributed by atoms with Gasteiger partial charge in [0.2, 0.25) is 10.0 Å². The van der Waals surface area contributed by atoms with Gasteiger partial charge in [-0.15, -0.1) is 0 Å². The van der Waals surface area contributed by atoms with Crippen LogP contribution < -0.4 is 4.72 Å². The van der Waals surface area contributed by atoms with E-state index in [-0.39, 0.29) is 22.5 Å². The number of sulfonamides is 1. The molecule has 4 nitrogen and oxygen atoms in total. The average molecular weight is 267 g/mol. The molecule has 18 heavy (non-hydrogen) atoms. The molecule has 0 heterocycles. The summed E-state index contributed by atoms with van der Waals surface area (Å²) in [5.74, 6) is 0.364. The van der Waals surface area contributed by atoms with Crippen molar-refractivity contribution in [3.8, 4) is 0 Å². The molecule has 1 aromatic carbocycles. The molecule has 1 saturated carbocycles. The smallest absolute Gasteiger partial charge is 0.240 e. The molecule has 2 atom stereocenters. The van der Waals surface area contributed by atoms with Crippen LogP contribution in [0.3, 0.4) is 0 Å². The van der Waals surface area contributed by atoms with Gasteiger partial charge in [-0.1, -0.05) is 17.7 Å². The molecule has 5 heteroatoms. The van der Waals surface area contributed by atoms with Gasteiger partial charge in [0.15, 0.2) is 0 Å². The van der Waals surface area contributed by atoms with Crippen LogP contribution in [0.5, 0.6) is 0 Å². The number of benzene rings is 1. The SMILES string of the molecule is CC(=O)[C@@H]1C[C@@H]1CNS(=O)(=O)c1ccc(C)cc1. The lowest BCUT2D eigenvalue weighted by Crippen LogP contribution is -2.26. The Kier molecular flexibility index (Phi) is 3.54. The molecule has 1 aromatic rings. The van der Waals surface area contributed by atoms with E-state index in [9.17, 15) is 13.2 Å². The molecular weight excluding hydrogens is 250 g/mol. The Bertz CT molecular complexity index is 548. The van der Waals surface area contributed by atoms with E-state index in [2.05, 4.69) is 4.72 Å². The summed E-state index contributed by atoms with van der Waals surface area (Å²) in [6.07, 6.45) is 0.797. The van der Waals surface area contributed by atoms with Crippen molar-refractivity contribution in [2.75, 3.05) is 6.54 Å². The summed E-state index contributed by atoms with van der Waals surface area (Å²) in [5, 5.41) is 0. The summed E-state index contributed by atoms with van der Waals surface area (Å²) in [5.41, 5.74) is 1.02. The Hall–Kier alpha value is -1.20. The molecule has 0 saturated heterocycles. The monoisotopic (exact) mass is 267 g/mol. The number of carbonyl (C=O) groups excluding carboxylic acids is 1. The fourth-order valence-electron chi connectivity index (χ4n) is 1.99. The number of rotatable bonds is 5. The van der Waals surface area contributed by atoms with Crippen molar-refractivity contribution in [3.63, 3.8) is 0 Å². The molecule has 0 amide bonds. The molecule has 0 aliphatic heterocycles. The molecule has 0 aromatic heterocycles. The average Bonchev–Trinajstić information content (AvgIpc) is 3.06. The number of aryl methyl sites for hydroxylation is 1. The second kappa shape index (κ2) is 4.82. The maximum absolute atomic E-state index is 12.0. The molecule has 1 N–H and O–H groups in total. The maximum Gasteiger partial charge on any atom is 0.240 e. The zero-order valence-electron chi connectivity index (χ0n) is 10.5. The Morgan fingerprint density at radius 3 is 2.44 bits per heavy atom. The summed E-state index contributed by atoms with van der Waals surface area (Å²) >= 11 is 0. The van der Waals surface area contributed by atoms with Crippen LogP contribution in [0.4, 0.5) is 0 Å². The van der Waals surface area contributed by atoms with Gasteiger partial charge in [0.25, 0.3) is 0 Å². The molecule has 98 valence electrons. The molecule has 1 aliphatic rings. The minimum absolute atomic E-state index is 0.0470. The van der Waals surface area contributed by atoms with Gasteiger partial charge in [-0.25, -0.2) is 13.1 Å². The predicted molar refractivity (Wildman–Crippen MR) is 68.6 cm³/mol. The van der Waals surface area contributed by atoms with Gasteiger partial charge >= 0.3 is 0 Å². The van der Waals surface area contributed by atoms with Gasteiger partial charge in [0, 0.05) is 12.5 Å². The first kappa shape index (κ1) is 13.2.